The van der Waals surface area contributed by atoms with E-state index in [0.29, 0.717) is 30.3 Å². The van der Waals surface area contributed by atoms with Crippen LogP contribution in [0.25, 0.3) is 10.8 Å². The first-order valence-electron chi connectivity index (χ1n) is 8.88. The molecule has 0 bridgehead atoms. The second-order valence-corrected chi connectivity index (χ2v) is 6.66. The quantitative estimate of drug-likeness (QED) is 0.727. The summed E-state index contributed by atoms with van der Waals surface area (Å²) in [6, 6.07) is 6.16. The molecule has 0 spiro atoms. The number of rotatable bonds is 2. The highest BCUT2D eigenvalue weighted by Crippen LogP contribution is 2.30. The van der Waals surface area contributed by atoms with Crippen molar-refractivity contribution < 1.29 is 9.90 Å². The number of aromatic hydroxyl groups is 1. The highest BCUT2D eigenvalue weighted by molar-refractivity contribution is 7.09. The Kier molecular flexibility index (Phi) is 5.50. The van der Waals surface area contributed by atoms with Crippen molar-refractivity contribution in [1.29, 1.82) is 0 Å². The van der Waals surface area contributed by atoms with E-state index in [0.717, 1.165) is 10.8 Å². The standard InChI is InChI=1S/C16H16N6O2S.C2H6/c1-9-13-18-19-14(15-17-10(2)20-25-15)22(13)7-6-21(9)16(24)11-4-3-5-12(23)8-11;1-2/h3-5,8-9,23H,6-7H2,1-2H3;1-2H3/t9-;/m1./s1. The SMILES string of the molecule is CC.Cc1nsc(-c2nnc3n2CCN(C(=O)c2cccc(O)c2)[C@@H]3C)n1. The Balaban J connectivity index is 0.00000102. The van der Waals surface area contributed by atoms with Crippen LogP contribution >= 0.6 is 11.5 Å². The fourth-order valence-electron chi connectivity index (χ4n) is 3.01. The highest BCUT2D eigenvalue weighted by Gasteiger charge is 2.32. The smallest absolute Gasteiger partial charge is 0.254 e. The predicted octanol–water partition coefficient (Wildman–Crippen LogP) is 3.05. The normalized spacial score (nSPS) is 15.7. The maximum absolute atomic E-state index is 12.8. The molecule has 9 heteroatoms. The van der Waals surface area contributed by atoms with Gasteiger partial charge in [-0.1, -0.05) is 19.9 Å². The van der Waals surface area contributed by atoms with Crippen LogP contribution in [0.5, 0.6) is 5.75 Å². The monoisotopic (exact) mass is 386 g/mol. The largest absolute Gasteiger partial charge is 0.508 e. The summed E-state index contributed by atoms with van der Waals surface area (Å²) in [4.78, 5) is 18.9. The summed E-state index contributed by atoms with van der Waals surface area (Å²) >= 11 is 1.29. The number of aryl methyl sites for hydroxylation is 1. The van der Waals surface area contributed by atoms with E-state index in [1.807, 2.05) is 32.3 Å². The molecule has 3 heterocycles. The van der Waals surface area contributed by atoms with Crippen LogP contribution in [0.3, 0.4) is 0 Å². The van der Waals surface area contributed by atoms with Crippen molar-refractivity contribution in [3.05, 3.63) is 41.5 Å². The molecule has 0 radical (unpaired) electrons. The zero-order valence-electron chi connectivity index (χ0n) is 15.7. The highest BCUT2D eigenvalue weighted by atomic mass is 32.1. The van der Waals surface area contributed by atoms with Crippen molar-refractivity contribution in [3.8, 4) is 16.6 Å². The van der Waals surface area contributed by atoms with Gasteiger partial charge in [-0.3, -0.25) is 4.79 Å². The number of carbonyl (C=O) groups excluding carboxylic acids is 1. The molecule has 1 aromatic carbocycles. The first-order chi connectivity index (χ1) is 13.0. The van der Waals surface area contributed by atoms with Crippen LogP contribution in [-0.2, 0) is 6.54 Å². The first-order valence-corrected chi connectivity index (χ1v) is 9.65. The fraction of sp³-hybridized carbons (Fsp3) is 0.389. The molecule has 4 rings (SSSR count). The Labute approximate surface area is 161 Å². The maximum Gasteiger partial charge on any atom is 0.254 e. The van der Waals surface area contributed by atoms with Gasteiger partial charge in [-0.25, -0.2) is 4.98 Å². The average Bonchev–Trinajstić information content (AvgIpc) is 3.29. The van der Waals surface area contributed by atoms with Gasteiger partial charge in [0.25, 0.3) is 5.91 Å². The van der Waals surface area contributed by atoms with Crippen molar-refractivity contribution in [2.75, 3.05) is 6.54 Å². The minimum absolute atomic E-state index is 0.0765. The molecule has 1 aliphatic rings. The summed E-state index contributed by atoms with van der Waals surface area (Å²) in [5, 5.41) is 18.9. The minimum atomic E-state index is -0.223. The van der Waals surface area contributed by atoms with E-state index in [2.05, 4.69) is 19.6 Å². The molecule has 142 valence electrons. The van der Waals surface area contributed by atoms with Gasteiger partial charge in [0, 0.05) is 18.7 Å². The molecule has 2 aromatic heterocycles. The molecule has 1 N–H and O–H groups in total. The van der Waals surface area contributed by atoms with Crippen LogP contribution in [0.15, 0.2) is 24.3 Å². The van der Waals surface area contributed by atoms with E-state index >= 15 is 0 Å². The zero-order chi connectivity index (χ0) is 19.6. The molecule has 1 atom stereocenters. The number of carbonyl (C=O) groups is 1. The first kappa shape index (κ1) is 19.0. The zero-order valence-corrected chi connectivity index (χ0v) is 16.6. The lowest BCUT2D eigenvalue weighted by Crippen LogP contribution is -2.41. The second-order valence-electron chi connectivity index (χ2n) is 5.91. The van der Waals surface area contributed by atoms with Gasteiger partial charge in [0.15, 0.2) is 16.7 Å². The number of fused-ring (bicyclic) bond motifs is 1. The fourth-order valence-corrected chi connectivity index (χ4v) is 3.68. The van der Waals surface area contributed by atoms with E-state index in [1.165, 1.54) is 17.6 Å². The Morgan fingerprint density at radius 3 is 2.70 bits per heavy atom. The summed E-state index contributed by atoms with van der Waals surface area (Å²) in [6.07, 6.45) is 0. The van der Waals surface area contributed by atoms with E-state index < -0.39 is 0 Å². The average molecular weight is 386 g/mol. The summed E-state index contributed by atoms with van der Waals surface area (Å²) in [5.41, 5.74) is 0.458. The maximum atomic E-state index is 12.8. The summed E-state index contributed by atoms with van der Waals surface area (Å²) in [6.45, 7) is 8.89. The third-order valence-electron chi connectivity index (χ3n) is 4.26. The topological polar surface area (TPSA) is 97.0 Å². The van der Waals surface area contributed by atoms with E-state index in [-0.39, 0.29) is 17.7 Å². The number of hydrogen-bond acceptors (Lipinski definition) is 7. The summed E-state index contributed by atoms with van der Waals surface area (Å²) in [5.74, 6) is 2.07. The van der Waals surface area contributed by atoms with Gasteiger partial charge in [0.05, 0.1) is 6.04 Å². The number of hydrogen-bond donors (Lipinski definition) is 1. The van der Waals surface area contributed by atoms with Gasteiger partial charge in [-0.05, 0) is 43.6 Å². The van der Waals surface area contributed by atoms with E-state index in [4.69, 9.17) is 0 Å². The Hall–Kier alpha value is -2.81. The second kappa shape index (κ2) is 7.83. The lowest BCUT2D eigenvalue weighted by molar-refractivity contribution is 0.0638. The number of amides is 1. The van der Waals surface area contributed by atoms with E-state index in [1.54, 1.807) is 23.1 Å². The summed E-state index contributed by atoms with van der Waals surface area (Å²) < 4.78 is 6.19. The van der Waals surface area contributed by atoms with E-state index in [9.17, 15) is 9.90 Å². The van der Waals surface area contributed by atoms with Crippen molar-refractivity contribution >= 4 is 17.4 Å². The van der Waals surface area contributed by atoms with Gasteiger partial charge in [0.2, 0.25) is 0 Å². The van der Waals surface area contributed by atoms with Gasteiger partial charge >= 0.3 is 0 Å². The van der Waals surface area contributed by atoms with Crippen LogP contribution in [0.2, 0.25) is 0 Å². The van der Waals surface area contributed by atoms with Gasteiger partial charge < -0.3 is 14.6 Å². The van der Waals surface area contributed by atoms with Crippen LogP contribution in [0.1, 0.15) is 48.8 Å². The number of phenolic OH excluding ortho intramolecular Hbond substituents is 1. The van der Waals surface area contributed by atoms with Crippen LogP contribution < -0.4 is 0 Å². The molecule has 27 heavy (non-hydrogen) atoms. The Morgan fingerprint density at radius 1 is 1.26 bits per heavy atom. The van der Waals surface area contributed by atoms with Gasteiger partial charge in [0.1, 0.15) is 11.6 Å². The Bertz CT molecular complexity index is 951. The third-order valence-corrected chi connectivity index (χ3v) is 5.06. The lowest BCUT2D eigenvalue weighted by Gasteiger charge is -2.33. The molecular formula is C18H22N6O2S. The van der Waals surface area contributed by atoms with Gasteiger partial charge in [-0.15, -0.1) is 10.2 Å². The van der Waals surface area contributed by atoms with Crippen LogP contribution in [0, 0.1) is 6.92 Å². The molecule has 0 fully saturated rings. The summed E-state index contributed by atoms with van der Waals surface area (Å²) in [7, 11) is 0. The molecule has 0 unspecified atom stereocenters. The third kappa shape index (κ3) is 3.55. The molecular weight excluding hydrogens is 364 g/mol. The van der Waals surface area contributed by atoms with Crippen LogP contribution in [-0.4, -0.2) is 46.6 Å². The molecule has 0 aliphatic carbocycles. The molecule has 8 nitrogen and oxygen atoms in total. The predicted molar refractivity (Wildman–Crippen MR) is 103 cm³/mol. The Morgan fingerprint density at radius 2 is 2.04 bits per heavy atom. The van der Waals surface area contributed by atoms with Crippen molar-refractivity contribution in [2.24, 2.45) is 0 Å². The lowest BCUT2D eigenvalue weighted by atomic mass is 10.1. The number of nitrogens with zero attached hydrogens (tertiary/aromatic N) is 6. The molecule has 0 saturated heterocycles. The van der Waals surface area contributed by atoms with Crippen molar-refractivity contribution in [2.45, 2.75) is 40.3 Å². The minimum Gasteiger partial charge on any atom is -0.508 e. The number of benzene rings is 1. The van der Waals surface area contributed by atoms with Crippen molar-refractivity contribution in [1.82, 2.24) is 29.0 Å². The van der Waals surface area contributed by atoms with Gasteiger partial charge in [-0.2, -0.15) is 4.37 Å². The molecule has 1 amide bonds. The number of aromatic nitrogens is 5. The molecule has 3 aromatic rings. The van der Waals surface area contributed by atoms with Crippen molar-refractivity contribution in [3.63, 3.8) is 0 Å². The number of phenols is 1. The molecule has 0 saturated carbocycles. The van der Waals surface area contributed by atoms with Crippen LogP contribution in [0.4, 0.5) is 0 Å². The molecule has 1 aliphatic heterocycles.